The SMILES string of the molecule is CCC1CCCCN1c1cnc(C(=O)NCc2ccc(Cl)cc2)cn1. The highest BCUT2D eigenvalue weighted by atomic mass is 35.5. The van der Waals surface area contributed by atoms with Gasteiger partial charge in [0.05, 0.1) is 12.4 Å². The molecule has 1 fully saturated rings. The minimum Gasteiger partial charge on any atom is -0.352 e. The van der Waals surface area contributed by atoms with Crippen LogP contribution in [-0.2, 0) is 6.54 Å². The van der Waals surface area contributed by atoms with Gasteiger partial charge in [0.2, 0.25) is 0 Å². The van der Waals surface area contributed by atoms with Crippen molar-refractivity contribution in [1.29, 1.82) is 0 Å². The van der Waals surface area contributed by atoms with Gasteiger partial charge < -0.3 is 10.2 Å². The van der Waals surface area contributed by atoms with Crippen LogP contribution in [0.4, 0.5) is 5.82 Å². The molecule has 1 aromatic carbocycles. The third-order valence-electron chi connectivity index (χ3n) is 4.63. The van der Waals surface area contributed by atoms with E-state index < -0.39 is 0 Å². The van der Waals surface area contributed by atoms with Crippen LogP contribution in [0.15, 0.2) is 36.7 Å². The normalized spacial score (nSPS) is 17.4. The predicted octanol–water partition coefficient (Wildman–Crippen LogP) is 3.83. The molecule has 1 atom stereocenters. The third kappa shape index (κ3) is 4.48. The van der Waals surface area contributed by atoms with Crippen molar-refractivity contribution in [3.63, 3.8) is 0 Å². The van der Waals surface area contributed by atoms with Crippen LogP contribution < -0.4 is 10.2 Å². The number of nitrogens with one attached hydrogen (secondary N) is 1. The quantitative estimate of drug-likeness (QED) is 0.882. The Morgan fingerprint density at radius 1 is 1.24 bits per heavy atom. The lowest BCUT2D eigenvalue weighted by molar-refractivity contribution is 0.0945. The highest BCUT2D eigenvalue weighted by molar-refractivity contribution is 6.30. The summed E-state index contributed by atoms with van der Waals surface area (Å²) in [7, 11) is 0. The largest absolute Gasteiger partial charge is 0.352 e. The lowest BCUT2D eigenvalue weighted by Gasteiger charge is -2.35. The second kappa shape index (κ2) is 8.30. The molecule has 1 amide bonds. The van der Waals surface area contributed by atoms with E-state index in [1.807, 2.05) is 12.1 Å². The van der Waals surface area contributed by atoms with E-state index in [2.05, 4.69) is 27.1 Å². The maximum absolute atomic E-state index is 12.2. The summed E-state index contributed by atoms with van der Waals surface area (Å²) in [5.74, 6) is 0.639. The molecule has 3 rings (SSSR count). The molecule has 2 heterocycles. The van der Waals surface area contributed by atoms with Crippen LogP contribution >= 0.6 is 11.6 Å². The first-order valence-electron chi connectivity index (χ1n) is 8.78. The van der Waals surface area contributed by atoms with Crippen LogP contribution in [0.25, 0.3) is 0 Å². The molecule has 1 saturated heterocycles. The molecule has 0 aliphatic carbocycles. The van der Waals surface area contributed by atoms with Crippen LogP contribution in [-0.4, -0.2) is 28.5 Å². The van der Waals surface area contributed by atoms with Crippen molar-refractivity contribution in [2.75, 3.05) is 11.4 Å². The monoisotopic (exact) mass is 358 g/mol. The standard InChI is InChI=1S/C19H23ClN4O/c1-2-16-5-3-4-10-24(16)18-13-21-17(12-22-18)19(25)23-11-14-6-8-15(20)9-7-14/h6-9,12-13,16H,2-5,10-11H2,1H3,(H,23,25). The van der Waals surface area contributed by atoms with Gasteiger partial charge >= 0.3 is 0 Å². The number of rotatable bonds is 5. The minimum absolute atomic E-state index is 0.223. The zero-order valence-corrected chi connectivity index (χ0v) is 15.2. The summed E-state index contributed by atoms with van der Waals surface area (Å²) in [6, 6.07) is 7.91. The Kier molecular flexibility index (Phi) is 5.87. The third-order valence-corrected chi connectivity index (χ3v) is 4.88. The predicted molar refractivity (Wildman–Crippen MR) is 99.9 cm³/mol. The highest BCUT2D eigenvalue weighted by Gasteiger charge is 2.22. The summed E-state index contributed by atoms with van der Waals surface area (Å²) < 4.78 is 0. The van der Waals surface area contributed by atoms with Crippen molar-refractivity contribution in [3.05, 3.63) is 52.9 Å². The van der Waals surface area contributed by atoms with E-state index in [1.165, 1.54) is 19.3 Å². The van der Waals surface area contributed by atoms with Gasteiger partial charge in [-0.05, 0) is 43.4 Å². The first-order chi connectivity index (χ1) is 12.2. The Hall–Kier alpha value is -2.14. The molecule has 0 spiro atoms. The first kappa shape index (κ1) is 17.7. The van der Waals surface area contributed by atoms with E-state index >= 15 is 0 Å². The van der Waals surface area contributed by atoms with Gasteiger partial charge in [0, 0.05) is 24.2 Å². The molecule has 1 unspecified atom stereocenters. The van der Waals surface area contributed by atoms with Crippen LogP contribution in [0.3, 0.4) is 0 Å². The fraction of sp³-hybridized carbons (Fsp3) is 0.421. The highest BCUT2D eigenvalue weighted by Crippen LogP contribution is 2.24. The number of carbonyl (C=O) groups excluding carboxylic acids is 1. The molecule has 0 bridgehead atoms. The number of nitrogens with zero attached hydrogens (tertiary/aromatic N) is 3. The van der Waals surface area contributed by atoms with Gasteiger partial charge in [-0.25, -0.2) is 9.97 Å². The number of halogens is 1. The number of aromatic nitrogens is 2. The number of benzene rings is 1. The van der Waals surface area contributed by atoms with E-state index in [0.29, 0.717) is 23.3 Å². The topological polar surface area (TPSA) is 58.1 Å². The van der Waals surface area contributed by atoms with Gasteiger partial charge in [0.1, 0.15) is 11.5 Å². The van der Waals surface area contributed by atoms with E-state index in [9.17, 15) is 4.79 Å². The van der Waals surface area contributed by atoms with E-state index in [4.69, 9.17) is 11.6 Å². The molecule has 1 aliphatic heterocycles. The summed E-state index contributed by atoms with van der Waals surface area (Å²) >= 11 is 5.86. The van der Waals surface area contributed by atoms with Gasteiger partial charge in [0.15, 0.2) is 0 Å². The number of anilines is 1. The van der Waals surface area contributed by atoms with Crippen LogP contribution in [0.1, 0.15) is 48.7 Å². The Balaban J connectivity index is 1.61. The van der Waals surface area contributed by atoms with Gasteiger partial charge in [-0.3, -0.25) is 4.79 Å². The summed E-state index contributed by atoms with van der Waals surface area (Å²) in [6.45, 7) is 3.65. The van der Waals surface area contributed by atoms with Crippen molar-refractivity contribution in [3.8, 4) is 0 Å². The number of piperidine rings is 1. The second-order valence-electron chi connectivity index (χ2n) is 6.32. The van der Waals surface area contributed by atoms with Gasteiger partial charge in [-0.1, -0.05) is 30.7 Å². The van der Waals surface area contributed by atoms with E-state index in [0.717, 1.165) is 24.3 Å². The van der Waals surface area contributed by atoms with Crippen LogP contribution in [0.2, 0.25) is 5.02 Å². The zero-order chi connectivity index (χ0) is 17.6. The molecule has 0 radical (unpaired) electrons. The summed E-state index contributed by atoms with van der Waals surface area (Å²) in [5, 5.41) is 3.54. The van der Waals surface area contributed by atoms with E-state index in [-0.39, 0.29) is 5.91 Å². The number of hydrogen-bond acceptors (Lipinski definition) is 4. The van der Waals surface area contributed by atoms with Gasteiger partial charge in [-0.15, -0.1) is 0 Å². The fourth-order valence-corrected chi connectivity index (χ4v) is 3.31. The van der Waals surface area contributed by atoms with Crippen molar-refractivity contribution in [2.24, 2.45) is 0 Å². The lowest BCUT2D eigenvalue weighted by atomic mass is 10.0. The summed E-state index contributed by atoms with van der Waals surface area (Å²) in [6.07, 6.45) is 8.03. The molecule has 1 aromatic heterocycles. The van der Waals surface area contributed by atoms with Crippen LogP contribution in [0, 0.1) is 0 Å². The lowest BCUT2D eigenvalue weighted by Crippen LogP contribution is -2.39. The summed E-state index contributed by atoms with van der Waals surface area (Å²) in [5.41, 5.74) is 1.32. The maximum Gasteiger partial charge on any atom is 0.271 e. The minimum atomic E-state index is -0.223. The number of carbonyl (C=O) groups is 1. The van der Waals surface area contributed by atoms with E-state index in [1.54, 1.807) is 24.5 Å². The maximum atomic E-state index is 12.2. The van der Waals surface area contributed by atoms with Gasteiger partial charge in [-0.2, -0.15) is 0 Å². The van der Waals surface area contributed by atoms with Crippen molar-refractivity contribution in [2.45, 2.75) is 45.2 Å². The number of hydrogen-bond donors (Lipinski definition) is 1. The average molecular weight is 359 g/mol. The molecule has 2 aromatic rings. The van der Waals surface area contributed by atoms with Crippen molar-refractivity contribution >= 4 is 23.3 Å². The Morgan fingerprint density at radius 2 is 2.04 bits per heavy atom. The molecule has 132 valence electrons. The number of amides is 1. The smallest absolute Gasteiger partial charge is 0.271 e. The first-order valence-corrected chi connectivity index (χ1v) is 9.16. The fourth-order valence-electron chi connectivity index (χ4n) is 3.19. The Bertz CT molecular complexity index is 702. The molecule has 25 heavy (non-hydrogen) atoms. The van der Waals surface area contributed by atoms with Gasteiger partial charge in [0.25, 0.3) is 5.91 Å². The molecule has 1 aliphatic rings. The molecular weight excluding hydrogens is 336 g/mol. The van der Waals surface area contributed by atoms with Crippen molar-refractivity contribution in [1.82, 2.24) is 15.3 Å². The summed E-state index contributed by atoms with van der Waals surface area (Å²) in [4.78, 5) is 23.3. The molecular formula is C19H23ClN4O. The molecule has 0 saturated carbocycles. The van der Waals surface area contributed by atoms with Crippen LogP contribution in [0.5, 0.6) is 0 Å². The molecule has 5 nitrogen and oxygen atoms in total. The Morgan fingerprint density at radius 3 is 2.72 bits per heavy atom. The average Bonchev–Trinajstić information content (AvgIpc) is 2.67. The second-order valence-corrected chi connectivity index (χ2v) is 6.76. The van der Waals surface area contributed by atoms with Crippen molar-refractivity contribution < 1.29 is 4.79 Å². The Labute approximate surface area is 153 Å². The molecule has 6 heteroatoms. The molecule has 1 N–H and O–H groups in total. The zero-order valence-electron chi connectivity index (χ0n) is 14.4.